The molecular weight excluding hydrogens is 320 g/mol. The predicted octanol–water partition coefficient (Wildman–Crippen LogP) is 3.45. The molecular formula is C19H20N2O4. The Morgan fingerprint density at radius 2 is 2.04 bits per heavy atom. The summed E-state index contributed by atoms with van der Waals surface area (Å²) in [4.78, 5) is 23.7. The van der Waals surface area contributed by atoms with Crippen molar-refractivity contribution in [3.8, 4) is 11.5 Å². The molecule has 0 aromatic heterocycles. The summed E-state index contributed by atoms with van der Waals surface area (Å²) in [5, 5.41) is 5.52. The summed E-state index contributed by atoms with van der Waals surface area (Å²) in [5.41, 5.74) is 1.66. The van der Waals surface area contributed by atoms with E-state index in [0.717, 1.165) is 18.6 Å². The number of ether oxygens (including phenoxy) is 2. The molecule has 6 nitrogen and oxygen atoms in total. The second kappa shape index (κ2) is 7.70. The van der Waals surface area contributed by atoms with Crippen LogP contribution in [0.25, 0.3) is 0 Å². The summed E-state index contributed by atoms with van der Waals surface area (Å²) in [6.45, 7) is 2.78. The number of amides is 2. The van der Waals surface area contributed by atoms with Crippen LogP contribution in [0, 0.1) is 0 Å². The average molecular weight is 340 g/mol. The average Bonchev–Trinajstić information content (AvgIpc) is 2.62. The number of fused-ring (bicyclic) bond motifs is 1. The number of benzene rings is 2. The molecule has 0 unspecified atom stereocenters. The van der Waals surface area contributed by atoms with Crippen molar-refractivity contribution in [2.75, 3.05) is 23.8 Å². The molecule has 0 spiro atoms. The number of hydrogen-bond acceptors (Lipinski definition) is 4. The Morgan fingerprint density at radius 1 is 1.24 bits per heavy atom. The van der Waals surface area contributed by atoms with E-state index in [9.17, 15) is 9.59 Å². The van der Waals surface area contributed by atoms with Crippen LogP contribution in [0.2, 0.25) is 0 Å². The third kappa shape index (κ3) is 4.29. The second-order valence-corrected chi connectivity index (χ2v) is 5.73. The van der Waals surface area contributed by atoms with Gasteiger partial charge in [-0.2, -0.15) is 0 Å². The van der Waals surface area contributed by atoms with Crippen LogP contribution < -0.4 is 20.1 Å². The summed E-state index contributed by atoms with van der Waals surface area (Å²) in [5.74, 6) is 0.891. The molecule has 2 aromatic rings. The first kappa shape index (κ1) is 16.8. The molecule has 1 heterocycles. The summed E-state index contributed by atoms with van der Waals surface area (Å²) in [6.07, 6.45) is 2.08. The quantitative estimate of drug-likeness (QED) is 0.790. The maximum absolute atomic E-state index is 12.3. The Kier molecular flexibility index (Phi) is 5.18. The number of unbranched alkanes of at least 4 members (excludes halogenated alkanes) is 1. The van der Waals surface area contributed by atoms with E-state index in [1.54, 1.807) is 42.5 Å². The zero-order chi connectivity index (χ0) is 17.6. The van der Waals surface area contributed by atoms with Gasteiger partial charge in [0, 0.05) is 11.3 Å². The van der Waals surface area contributed by atoms with Gasteiger partial charge in [-0.05, 0) is 48.9 Å². The van der Waals surface area contributed by atoms with E-state index in [1.165, 1.54) is 0 Å². The van der Waals surface area contributed by atoms with Gasteiger partial charge in [0.05, 0.1) is 12.3 Å². The lowest BCUT2D eigenvalue weighted by Crippen LogP contribution is -2.25. The van der Waals surface area contributed by atoms with Gasteiger partial charge in [0.15, 0.2) is 6.61 Å². The van der Waals surface area contributed by atoms with E-state index in [2.05, 4.69) is 17.6 Å². The third-order valence-electron chi connectivity index (χ3n) is 3.75. The standard InChI is InChI=1S/C19H20N2O4/c1-2-3-10-24-15-7-4-13(5-8-15)19(23)20-14-6-9-17-16(11-14)21-18(22)12-25-17/h4-9,11H,2-3,10,12H2,1H3,(H,20,23)(H,21,22). The zero-order valence-corrected chi connectivity index (χ0v) is 14.0. The van der Waals surface area contributed by atoms with Gasteiger partial charge in [0.1, 0.15) is 11.5 Å². The molecule has 2 amide bonds. The van der Waals surface area contributed by atoms with Crippen molar-refractivity contribution in [1.29, 1.82) is 0 Å². The van der Waals surface area contributed by atoms with Crippen LogP contribution in [0.1, 0.15) is 30.1 Å². The number of nitrogens with one attached hydrogen (secondary N) is 2. The minimum atomic E-state index is -0.233. The first-order chi connectivity index (χ1) is 12.2. The Hall–Kier alpha value is -3.02. The minimum Gasteiger partial charge on any atom is -0.494 e. The fraction of sp³-hybridized carbons (Fsp3) is 0.263. The molecule has 0 aliphatic carbocycles. The molecule has 1 aliphatic rings. The van der Waals surface area contributed by atoms with Crippen LogP contribution in [-0.2, 0) is 4.79 Å². The molecule has 130 valence electrons. The van der Waals surface area contributed by atoms with Crippen LogP contribution in [0.15, 0.2) is 42.5 Å². The summed E-state index contributed by atoms with van der Waals surface area (Å²) >= 11 is 0. The van der Waals surface area contributed by atoms with Gasteiger partial charge < -0.3 is 20.1 Å². The van der Waals surface area contributed by atoms with Crippen molar-refractivity contribution in [3.05, 3.63) is 48.0 Å². The second-order valence-electron chi connectivity index (χ2n) is 5.73. The molecule has 6 heteroatoms. The van der Waals surface area contributed by atoms with E-state index in [1.807, 2.05) is 0 Å². The zero-order valence-electron chi connectivity index (χ0n) is 14.0. The predicted molar refractivity (Wildman–Crippen MR) is 95.4 cm³/mol. The molecule has 0 bridgehead atoms. The minimum absolute atomic E-state index is 0.00534. The lowest BCUT2D eigenvalue weighted by molar-refractivity contribution is -0.118. The molecule has 1 aliphatic heterocycles. The van der Waals surface area contributed by atoms with Gasteiger partial charge in [-0.1, -0.05) is 13.3 Å². The van der Waals surface area contributed by atoms with Crippen molar-refractivity contribution in [1.82, 2.24) is 0 Å². The fourth-order valence-electron chi connectivity index (χ4n) is 2.40. The van der Waals surface area contributed by atoms with Gasteiger partial charge in [-0.15, -0.1) is 0 Å². The molecule has 0 saturated carbocycles. The van der Waals surface area contributed by atoms with E-state index in [4.69, 9.17) is 9.47 Å². The Bertz CT molecular complexity index is 771. The Labute approximate surface area is 146 Å². The van der Waals surface area contributed by atoms with E-state index < -0.39 is 0 Å². The van der Waals surface area contributed by atoms with Crippen LogP contribution in [0.3, 0.4) is 0 Å². The van der Waals surface area contributed by atoms with Crippen molar-refractivity contribution in [3.63, 3.8) is 0 Å². The molecule has 0 fully saturated rings. The molecule has 0 radical (unpaired) electrons. The van der Waals surface area contributed by atoms with Crippen molar-refractivity contribution < 1.29 is 19.1 Å². The number of rotatable bonds is 6. The summed E-state index contributed by atoms with van der Waals surface area (Å²) in [7, 11) is 0. The van der Waals surface area contributed by atoms with Crippen LogP contribution in [-0.4, -0.2) is 25.0 Å². The lowest BCUT2D eigenvalue weighted by atomic mass is 10.2. The number of carbonyl (C=O) groups is 2. The molecule has 3 rings (SSSR count). The molecule has 0 saturated heterocycles. The number of hydrogen-bond donors (Lipinski definition) is 2. The van der Waals surface area contributed by atoms with Crippen LogP contribution in [0.5, 0.6) is 11.5 Å². The van der Waals surface area contributed by atoms with Gasteiger partial charge in [-0.25, -0.2) is 0 Å². The van der Waals surface area contributed by atoms with E-state index >= 15 is 0 Å². The first-order valence-electron chi connectivity index (χ1n) is 8.26. The van der Waals surface area contributed by atoms with E-state index in [-0.39, 0.29) is 18.4 Å². The fourth-order valence-corrected chi connectivity index (χ4v) is 2.40. The van der Waals surface area contributed by atoms with Gasteiger partial charge in [-0.3, -0.25) is 9.59 Å². The highest BCUT2D eigenvalue weighted by Gasteiger charge is 2.16. The monoisotopic (exact) mass is 340 g/mol. The largest absolute Gasteiger partial charge is 0.494 e. The molecule has 25 heavy (non-hydrogen) atoms. The van der Waals surface area contributed by atoms with Gasteiger partial charge >= 0.3 is 0 Å². The topological polar surface area (TPSA) is 76.7 Å². The summed E-state index contributed by atoms with van der Waals surface area (Å²) in [6, 6.07) is 12.1. The normalized spacial score (nSPS) is 12.6. The molecule has 2 N–H and O–H groups in total. The summed E-state index contributed by atoms with van der Waals surface area (Å²) < 4.78 is 10.9. The Morgan fingerprint density at radius 3 is 2.80 bits per heavy atom. The highest BCUT2D eigenvalue weighted by Crippen LogP contribution is 2.30. The maximum atomic E-state index is 12.3. The third-order valence-corrected chi connectivity index (χ3v) is 3.75. The number of carbonyl (C=O) groups excluding carboxylic acids is 2. The van der Waals surface area contributed by atoms with Crippen LogP contribution >= 0.6 is 0 Å². The smallest absolute Gasteiger partial charge is 0.262 e. The molecule has 0 atom stereocenters. The highest BCUT2D eigenvalue weighted by atomic mass is 16.5. The van der Waals surface area contributed by atoms with Crippen molar-refractivity contribution in [2.24, 2.45) is 0 Å². The van der Waals surface area contributed by atoms with Gasteiger partial charge in [0.25, 0.3) is 11.8 Å². The van der Waals surface area contributed by atoms with Crippen molar-refractivity contribution >= 4 is 23.2 Å². The maximum Gasteiger partial charge on any atom is 0.262 e. The number of anilines is 2. The Balaban J connectivity index is 1.64. The highest BCUT2D eigenvalue weighted by molar-refractivity contribution is 6.05. The van der Waals surface area contributed by atoms with Crippen LogP contribution in [0.4, 0.5) is 11.4 Å². The first-order valence-corrected chi connectivity index (χ1v) is 8.26. The van der Waals surface area contributed by atoms with Gasteiger partial charge in [0.2, 0.25) is 0 Å². The SMILES string of the molecule is CCCCOc1ccc(C(=O)Nc2ccc3c(c2)NC(=O)CO3)cc1. The van der Waals surface area contributed by atoms with E-state index in [0.29, 0.717) is 29.3 Å². The lowest BCUT2D eigenvalue weighted by Gasteiger charge is -2.18. The van der Waals surface area contributed by atoms with Crippen molar-refractivity contribution in [2.45, 2.75) is 19.8 Å². The molecule has 2 aromatic carbocycles.